The molecular weight excluding hydrogens is 655 g/mol. The third-order valence-corrected chi connectivity index (χ3v) is 8.52. The topological polar surface area (TPSA) is 164 Å². The van der Waals surface area contributed by atoms with E-state index in [1.165, 1.54) is 12.4 Å². The van der Waals surface area contributed by atoms with Gasteiger partial charge in [-0.2, -0.15) is 0 Å². The van der Waals surface area contributed by atoms with Gasteiger partial charge in [0.15, 0.2) is 11.5 Å². The van der Waals surface area contributed by atoms with Crippen molar-refractivity contribution in [1.29, 1.82) is 0 Å². The van der Waals surface area contributed by atoms with Crippen LogP contribution in [0.2, 0.25) is 10.0 Å². The van der Waals surface area contributed by atoms with E-state index >= 15 is 0 Å². The first-order valence-electron chi connectivity index (χ1n) is 14.4. The van der Waals surface area contributed by atoms with E-state index in [9.17, 15) is 29.4 Å². The molecule has 236 valence electrons. The normalized spacial score (nSPS) is 13.5. The van der Waals surface area contributed by atoms with Crippen LogP contribution in [-0.4, -0.2) is 43.6 Å². The Balaban J connectivity index is 1.28. The standard InChI is InChI=1S/C36H22Cl2N4O6/c37-19-11-7-17(8-12-19)35(47)41-25-5-1-3-23-27(25)21(15-39-23)29-31(43)33(45)30(34(46)32(29)44)22-16-40-24-4-2-6-26(28(22)24)42-36(48)18-9-13-20(38)14-10-18/h1-16,39-40,43,46H,(H,41,47)(H,42,48). The van der Waals surface area contributed by atoms with Crippen molar-refractivity contribution in [3.05, 3.63) is 141 Å². The predicted octanol–water partition coefficient (Wildman–Crippen LogP) is 7.85. The maximum atomic E-state index is 13.8. The molecule has 0 unspecified atom stereocenters. The Labute approximate surface area is 281 Å². The van der Waals surface area contributed by atoms with E-state index < -0.39 is 46.0 Å². The highest BCUT2D eigenvalue weighted by molar-refractivity contribution is 6.48. The van der Waals surface area contributed by atoms with Crippen LogP contribution in [0, 0.1) is 0 Å². The summed E-state index contributed by atoms with van der Waals surface area (Å²) < 4.78 is 0. The summed E-state index contributed by atoms with van der Waals surface area (Å²) >= 11 is 11.9. The number of hydrogen-bond acceptors (Lipinski definition) is 6. The Kier molecular flexibility index (Phi) is 7.59. The van der Waals surface area contributed by atoms with Crippen LogP contribution in [0.15, 0.2) is 109 Å². The van der Waals surface area contributed by atoms with Crippen LogP contribution in [0.4, 0.5) is 11.4 Å². The van der Waals surface area contributed by atoms with Gasteiger partial charge in [-0.3, -0.25) is 19.2 Å². The summed E-state index contributed by atoms with van der Waals surface area (Å²) in [5.41, 5.74) is 1.50. The van der Waals surface area contributed by atoms with Gasteiger partial charge in [-0.05, 0) is 72.8 Å². The summed E-state index contributed by atoms with van der Waals surface area (Å²) in [5.74, 6) is -4.75. The fourth-order valence-electron chi connectivity index (χ4n) is 5.74. The molecule has 6 aromatic rings. The van der Waals surface area contributed by atoms with Gasteiger partial charge >= 0.3 is 0 Å². The SMILES string of the molecule is O=C1C(O)=C(c2c[nH]c3cccc(NC(=O)c4ccc(Cl)cc4)c23)C(=O)C(O)=C1c1c[nH]c2cccc(NC(=O)c3ccc(Cl)cc3)c12. The smallest absolute Gasteiger partial charge is 0.255 e. The van der Waals surface area contributed by atoms with Crippen molar-refractivity contribution in [2.45, 2.75) is 0 Å². The van der Waals surface area contributed by atoms with Crippen molar-refractivity contribution < 1.29 is 29.4 Å². The molecule has 0 bridgehead atoms. The predicted molar refractivity (Wildman–Crippen MR) is 185 cm³/mol. The zero-order valence-electron chi connectivity index (χ0n) is 24.5. The van der Waals surface area contributed by atoms with Gasteiger partial charge in [-0.25, -0.2) is 0 Å². The summed E-state index contributed by atoms with van der Waals surface area (Å²) in [7, 11) is 0. The number of amides is 2. The number of aromatic nitrogens is 2. The maximum Gasteiger partial charge on any atom is 0.255 e. The molecule has 12 heteroatoms. The van der Waals surface area contributed by atoms with E-state index in [0.29, 0.717) is 43.0 Å². The number of aliphatic hydroxyl groups excluding tert-OH is 2. The largest absolute Gasteiger partial charge is 0.504 e. The second-order valence-electron chi connectivity index (χ2n) is 10.9. The van der Waals surface area contributed by atoms with Crippen LogP contribution in [0.25, 0.3) is 33.0 Å². The molecule has 0 saturated carbocycles. The Morgan fingerprint density at radius 1 is 0.562 bits per heavy atom. The summed E-state index contributed by atoms with van der Waals surface area (Å²) in [5, 5.41) is 29.8. The highest BCUT2D eigenvalue weighted by Crippen LogP contribution is 2.41. The van der Waals surface area contributed by atoms with Crippen molar-refractivity contribution in [1.82, 2.24) is 9.97 Å². The molecular formula is C36H22Cl2N4O6. The zero-order chi connectivity index (χ0) is 33.7. The van der Waals surface area contributed by atoms with Gasteiger partial charge in [-0.1, -0.05) is 35.3 Å². The van der Waals surface area contributed by atoms with Gasteiger partial charge in [0.25, 0.3) is 11.8 Å². The second-order valence-corrected chi connectivity index (χ2v) is 11.8. The highest BCUT2D eigenvalue weighted by atomic mass is 35.5. The minimum absolute atomic E-state index is 0.0910. The number of carbonyl (C=O) groups excluding carboxylic acids is 4. The Morgan fingerprint density at radius 3 is 1.31 bits per heavy atom. The molecule has 2 heterocycles. The first-order chi connectivity index (χ1) is 23.1. The van der Waals surface area contributed by atoms with Gasteiger partial charge in [0.2, 0.25) is 11.6 Å². The van der Waals surface area contributed by atoms with Gasteiger partial charge in [0, 0.05) is 66.5 Å². The van der Waals surface area contributed by atoms with Gasteiger partial charge < -0.3 is 30.8 Å². The Morgan fingerprint density at radius 2 is 0.938 bits per heavy atom. The number of halogens is 2. The van der Waals surface area contributed by atoms with Crippen molar-refractivity contribution in [3.8, 4) is 0 Å². The molecule has 0 saturated heterocycles. The molecule has 2 amide bonds. The molecule has 0 spiro atoms. The molecule has 4 aromatic carbocycles. The van der Waals surface area contributed by atoms with Crippen molar-refractivity contribution >= 4 is 90.9 Å². The number of ketones is 2. The van der Waals surface area contributed by atoms with Crippen molar-refractivity contribution in [2.75, 3.05) is 10.6 Å². The molecule has 6 N–H and O–H groups in total. The van der Waals surface area contributed by atoms with E-state index in [2.05, 4.69) is 20.6 Å². The van der Waals surface area contributed by atoms with Crippen molar-refractivity contribution in [2.24, 2.45) is 0 Å². The molecule has 0 fully saturated rings. The lowest BCUT2D eigenvalue weighted by Gasteiger charge is -2.19. The molecule has 48 heavy (non-hydrogen) atoms. The number of allylic oxidation sites excluding steroid dienone is 2. The minimum Gasteiger partial charge on any atom is -0.504 e. The number of hydrogen-bond donors (Lipinski definition) is 6. The highest BCUT2D eigenvalue weighted by Gasteiger charge is 2.38. The number of benzene rings is 4. The van der Waals surface area contributed by atoms with Crippen LogP contribution in [0.5, 0.6) is 0 Å². The maximum absolute atomic E-state index is 13.8. The van der Waals surface area contributed by atoms with E-state index in [4.69, 9.17) is 23.2 Å². The molecule has 7 rings (SSSR count). The quantitative estimate of drug-likeness (QED) is 0.0983. The average Bonchev–Trinajstić information content (AvgIpc) is 3.71. The first-order valence-corrected chi connectivity index (χ1v) is 15.2. The molecule has 0 aliphatic heterocycles. The summed E-state index contributed by atoms with van der Waals surface area (Å²) in [6.07, 6.45) is 2.82. The van der Waals surface area contributed by atoms with Crippen LogP contribution in [-0.2, 0) is 9.59 Å². The second kappa shape index (κ2) is 11.9. The number of Topliss-reactive ketones (excluding diaryl/α,β-unsaturated/α-hetero) is 2. The van der Waals surface area contributed by atoms with E-state index in [1.54, 1.807) is 84.9 Å². The molecule has 1 aliphatic carbocycles. The number of H-pyrrole nitrogens is 2. The van der Waals surface area contributed by atoms with Gasteiger partial charge in [0.1, 0.15) is 0 Å². The number of nitrogens with one attached hydrogen (secondary N) is 4. The first kappa shape index (κ1) is 30.5. The lowest BCUT2D eigenvalue weighted by Crippen LogP contribution is -2.23. The number of aliphatic hydroxyl groups is 2. The summed E-state index contributed by atoms with van der Waals surface area (Å²) in [6, 6.07) is 22.5. The number of rotatable bonds is 6. The van der Waals surface area contributed by atoms with Gasteiger partial charge in [-0.15, -0.1) is 0 Å². The Hall–Kier alpha value is -6.10. The molecule has 2 aromatic heterocycles. The number of carbonyl (C=O) groups is 4. The number of anilines is 2. The van der Waals surface area contributed by atoms with Crippen LogP contribution in [0.3, 0.4) is 0 Å². The fourth-order valence-corrected chi connectivity index (χ4v) is 5.99. The lowest BCUT2D eigenvalue weighted by atomic mass is 9.85. The zero-order valence-corrected chi connectivity index (χ0v) is 26.0. The fraction of sp³-hybridized carbons (Fsp3) is 0. The third kappa shape index (κ3) is 5.19. The van der Waals surface area contributed by atoms with Gasteiger partial charge in [0.05, 0.1) is 22.5 Å². The van der Waals surface area contributed by atoms with Crippen molar-refractivity contribution in [3.63, 3.8) is 0 Å². The van der Waals surface area contributed by atoms with Crippen LogP contribution >= 0.6 is 23.2 Å². The monoisotopic (exact) mass is 676 g/mol. The Bertz CT molecular complexity index is 2230. The minimum atomic E-state index is -1.01. The third-order valence-electron chi connectivity index (χ3n) is 8.02. The molecule has 0 radical (unpaired) electrons. The average molecular weight is 678 g/mol. The van der Waals surface area contributed by atoms with Crippen LogP contribution < -0.4 is 10.6 Å². The van der Waals surface area contributed by atoms with Crippen LogP contribution in [0.1, 0.15) is 31.8 Å². The lowest BCUT2D eigenvalue weighted by molar-refractivity contribution is -0.116. The number of aromatic amines is 2. The molecule has 10 nitrogen and oxygen atoms in total. The molecule has 0 atom stereocenters. The number of fused-ring (bicyclic) bond motifs is 2. The molecule has 1 aliphatic rings. The van der Waals surface area contributed by atoms with E-state index in [1.807, 2.05) is 0 Å². The summed E-state index contributed by atoms with van der Waals surface area (Å²) in [4.78, 5) is 59.8. The van der Waals surface area contributed by atoms with E-state index in [-0.39, 0.29) is 22.5 Å². The summed E-state index contributed by atoms with van der Waals surface area (Å²) in [6.45, 7) is 0. The van der Waals surface area contributed by atoms with E-state index in [0.717, 1.165) is 0 Å².